The molecule has 1 fully saturated rings. The number of nitrogens with zero attached hydrogens (tertiary/aromatic N) is 3. The van der Waals surface area contributed by atoms with Crippen LogP contribution in [0.25, 0.3) is 0 Å². The van der Waals surface area contributed by atoms with Crippen molar-refractivity contribution in [3.63, 3.8) is 0 Å². The predicted octanol–water partition coefficient (Wildman–Crippen LogP) is 0.948. The summed E-state index contributed by atoms with van der Waals surface area (Å²) >= 11 is 0. The summed E-state index contributed by atoms with van der Waals surface area (Å²) in [6, 6.07) is 5.51. The molecule has 0 unspecified atom stereocenters. The molecular weight excluding hydrogens is 266 g/mol. The number of likely N-dealkylation sites (N-methyl/N-ethyl adjacent to an activating group) is 1. The highest BCUT2D eigenvalue weighted by atomic mass is 16.4. The van der Waals surface area contributed by atoms with Crippen molar-refractivity contribution in [2.45, 2.75) is 13.1 Å². The van der Waals surface area contributed by atoms with Gasteiger partial charge < -0.3 is 10.0 Å². The van der Waals surface area contributed by atoms with Crippen LogP contribution in [0.5, 0.6) is 0 Å². The van der Waals surface area contributed by atoms with E-state index in [0.29, 0.717) is 5.56 Å². The molecule has 3 rings (SSSR count). The summed E-state index contributed by atoms with van der Waals surface area (Å²) in [5, 5.41) is 9.05. The molecule has 2 aliphatic heterocycles. The van der Waals surface area contributed by atoms with Crippen LogP contribution >= 0.6 is 0 Å². The summed E-state index contributed by atoms with van der Waals surface area (Å²) in [6.07, 6.45) is 0. The van der Waals surface area contributed by atoms with Crippen molar-refractivity contribution in [1.82, 2.24) is 14.7 Å². The number of carboxylic acid groups (broad SMARTS) is 1. The number of carboxylic acids is 1. The molecule has 21 heavy (non-hydrogen) atoms. The minimum Gasteiger partial charge on any atom is -0.478 e. The van der Waals surface area contributed by atoms with E-state index >= 15 is 0 Å². The number of benzene rings is 1. The Kier molecular flexibility index (Phi) is 4.24. The molecule has 0 atom stereocenters. The quantitative estimate of drug-likeness (QED) is 0.894. The van der Waals surface area contributed by atoms with Gasteiger partial charge in [-0.1, -0.05) is 6.07 Å². The zero-order valence-corrected chi connectivity index (χ0v) is 12.6. The van der Waals surface area contributed by atoms with E-state index in [0.717, 1.165) is 52.4 Å². The van der Waals surface area contributed by atoms with Gasteiger partial charge in [0.25, 0.3) is 0 Å². The molecule has 1 N–H and O–H groups in total. The third-order valence-electron chi connectivity index (χ3n) is 4.57. The Morgan fingerprint density at radius 1 is 1.05 bits per heavy atom. The molecule has 5 nitrogen and oxygen atoms in total. The van der Waals surface area contributed by atoms with Gasteiger partial charge in [0.1, 0.15) is 0 Å². The SMILES string of the molecule is CN1CCN(CCN2Cc3ccc(C(=O)O)cc3C2)CC1. The van der Waals surface area contributed by atoms with Gasteiger partial charge in [-0.05, 0) is 30.3 Å². The van der Waals surface area contributed by atoms with E-state index < -0.39 is 5.97 Å². The van der Waals surface area contributed by atoms with Crippen molar-refractivity contribution >= 4 is 5.97 Å². The maximum absolute atomic E-state index is 11.0. The Balaban J connectivity index is 1.52. The molecular formula is C16H23N3O2. The maximum atomic E-state index is 11.0. The molecule has 2 aliphatic rings. The number of aromatic carboxylic acids is 1. The van der Waals surface area contributed by atoms with Crippen LogP contribution in [-0.2, 0) is 13.1 Å². The Morgan fingerprint density at radius 2 is 1.71 bits per heavy atom. The monoisotopic (exact) mass is 289 g/mol. The fraction of sp³-hybridized carbons (Fsp3) is 0.562. The first-order valence-electron chi connectivity index (χ1n) is 7.60. The van der Waals surface area contributed by atoms with Crippen molar-refractivity contribution in [1.29, 1.82) is 0 Å². The Bertz CT molecular complexity index is 524. The lowest BCUT2D eigenvalue weighted by atomic mass is 10.1. The summed E-state index contributed by atoms with van der Waals surface area (Å²) in [6.45, 7) is 8.60. The van der Waals surface area contributed by atoms with Crippen LogP contribution in [0.15, 0.2) is 18.2 Å². The number of rotatable bonds is 4. The van der Waals surface area contributed by atoms with Crippen LogP contribution in [-0.4, -0.2) is 72.1 Å². The molecule has 1 saturated heterocycles. The number of hydrogen-bond acceptors (Lipinski definition) is 4. The highest BCUT2D eigenvalue weighted by Gasteiger charge is 2.21. The normalized spacial score (nSPS) is 20.6. The Labute approximate surface area is 125 Å². The van der Waals surface area contributed by atoms with E-state index in [1.54, 1.807) is 6.07 Å². The van der Waals surface area contributed by atoms with E-state index in [4.69, 9.17) is 5.11 Å². The molecule has 1 aromatic carbocycles. The second-order valence-corrected chi connectivity index (χ2v) is 6.14. The first kappa shape index (κ1) is 14.5. The van der Waals surface area contributed by atoms with Crippen LogP contribution in [0.4, 0.5) is 0 Å². The second-order valence-electron chi connectivity index (χ2n) is 6.14. The summed E-state index contributed by atoms with van der Waals surface area (Å²) < 4.78 is 0. The highest BCUT2D eigenvalue weighted by Crippen LogP contribution is 2.23. The lowest BCUT2D eigenvalue weighted by Gasteiger charge is -2.33. The van der Waals surface area contributed by atoms with Crippen LogP contribution in [0.3, 0.4) is 0 Å². The van der Waals surface area contributed by atoms with Gasteiger partial charge in [0, 0.05) is 52.4 Å². The minimum atomic E-state index is -0.839. The third-order valence-corrected chi connectivity index (χ3v) is 4.57. The zero-order valence-electron chi connectivity index (χ0n) is 12.6. The van der Waals surface area contributed by atoms with Gasteiger partial charge in [-0.3, -0.25) is 9.80 Å². The lowest BCUT2D eigenvalue weighted by Crippen LogP contribution is -2.46. The van der Waals surface area contributed by atoms with Crippen molar-refractivity contribution in [2.75, 3.05) is 46.3 Å². The first-order chi connectivity index (χ1) is 10.1. The summed E-state index contributed by atoms with van der Waals surface area (Å²) in [4.78, 5) is 18.3. The zero-order chi connectivity index (χ0) is 14.8. The molecule has 0 amide bonds. The van der Waals surface area contributed by atoms with Crippen LogP contribution < -0.4 is 0 Å². The van der Waals surface area contributed by atoms with Crippen LogP contribution in [0.1, 0.15) is 21.5 Å². The largest absolute Gasteiger partial charge is 0.478 e. The van der Waals surface area contributed by atoms with Gasteiger partial charge >= 0.3 is 5.97 Å². The second kappa shape index (κ2) is 6.13. The topological polar surface area (TPSA) is 47.0 Å². The van der Waals surface area contributed by atoms with Gasteiger partial charge in [-0.2, -0.15) is 0 Å². The fourth-order valence-electron chi connectivity index (χ4n) is 3.11. The van der Waals surface area contributed by atoms with E-state index in [9.17, 15) is 4.79 Å². The van der Waals surface area contributed by atoms with E-state index in [2.05, 4.69) is 21.7 Å². The van der Waals surface area contributed by atoms with Crippen molar-refractivity contribution < 1.29 is 9.90 Å². The average Bonchev–Trinajstić information content (AvgIpc) is 2.88. The number of hydrogen-bond donors (Lipinski definition) is 1. The molecule has 114 valence electrons. The molecule has 1 aromatic rings. The maximum Gasteiger partial charge on any atom is 0.335 e. The van der Waals surface area contributed by atoms with Crippen LogP contribution in [0, 0.1) is 0 Å². The van der Waals surface area contributed by atoms with Gasteiger partial charge in [-0.15, -0.1) is 0 Å². The molecule has 0 bridgehead atoms. The van der Waals surface area contributed by atoms with E-state index in [-0.39, 0.29) is 0 Å². The standard InChI is InChI=1S/C16H23N3O2/c1-17-4-6-18(7-5-17)8-9-19-11-14-3-2-13(16(20)21)10-15(14)12-19/h2-3,10H,4-9,11-12H2,1H3,(H,20,21). The molecule has 0 radical (unpaired) electrons. The van der Waals surface area contributed by atoms with Crippen molar-refractivity contribution in [3.8, 4) is 0 Å². The summed E-state index contributed by atoms with van der Waals surface area (Å²) in [5.74, 6) is -0.839. The number of carbonyl (C=O) groups is 1. The first-order valence-corrected chi connectivity index (χ1v) is 7.60. The van der Waals surface area contributed by atoms with Crippen molar-refractivity contribution in [2.24, 2.45) is 0 Å². The molecule has 0 saturated carbocycles. The third kappa shape index (κ3) is 3.43. The summed E-state index contributed by atoms with van der Waals surface area (Å²) in [7, 11) is 2.18. The molecule has 0 aromatic heterocycles. The van der Waals surface area contributed by atoms with Gasteiger partial charge in [-0.25, -0.2) is 4.79 Å². The van der Waals surface area contributed by atoms with Gasteiger partial charge in [0.05, 0.1) is 5.56 Å². The van der Waals surface area contributed by atoms with Crippen molar-refractivity contribution in [3.05, 3.63) is 34.9 Å². The summed E-state index contributed by atoms with van der Waals surface area (Å²) in [5.41, 5.74) is 2.85. The van der Waals surface area contributed by atoms with Gasteiger partial charge in [0.2, 0.25) is 0 Å². The Hall–Kier alpha value is -1.43. The molecule has 0 spiro atoms. The average molecular weight is 289 g/mol. The lowest BCUT2D eigenvalue weighted by molar-refractivity contribution is 0.0696. The molecule has 0 aliphatic carbocycles. The van der Waals surface area contributed by atoms with E-state index in [1.807, 2.05) is 12.1 Å². The number of piperazine rings is 1. The predicted molar refractivity (Wildman–Crippen MR) is 81.5 cm³/mol. The minimum absolute atomic E-state index is 0.398. The van der Waals surface area contributed by atoms with Gasteiger partial charge in [0.15, 0.2) is 0 Å². The molecule has 2 heterocycles. The van der Waals surface area contributed by atoms with Crippen LogP contribution in [0.2, 0.25) is 0 Å². The smallest absolute Gasteiger partial charge is 0.335 e. The number of fused-ring (bicyclic) bond motifs is 1. The van der Waals surface area contributed by atoms with E-state index in [1.165, 1.54) is 11.1 Å². The molecule has 5 heteroatoms. The Morgan fingerprint density at radius 3 is 2.43 bits per heavy atom. The highest BCUT2D eigenvalue weighted by molar-refractivity contribution is 5.87. The fourth-order valence-corrected chi connectivity index (χ4v) is 3.11.